The van der Waals surface area contributed by atoms with Gasteiger partial charge in [-0.3, -0.25) is 9.36 Å². The van der Waals surface area contributed by atoms with Gasteiger partial charge in [0.2, 0.25) is 17.7 Å². The summed E-state index contributed by atoms with van der Waals surface area (Å²) < 4.78 is 13.9. The first-order valence-electron chi connectivity index (χ1n) is 12.1. The summed E-state index contributed by atoms with van der Waals surface area (Å²) in [6.45, 7) is 2.24. The van der Waals surface area contributed by atoms with Crippen LogP contribution < -0.4 is 10.5 Å². The zero-order chi connectivity index (χ0) is 25.9. The third-order valence-electron chi connectivity index (χ3n) is 7.71. The number of aromatic hydroxyl groups is 2. The lowest BCUT2D eigenvalue weighted by Crippen LogP contribution is -2.25. The predicted molar refractivity (Wildman–Crippen MR) is 136 cm³/mol. The van der Waals surface area contributed by atoms with Crippen molar-refractivity contribution in [3.63, 3.8) is 0 Å². The van der Waals surface area contributed by atoms with E-state index in [1.165, 1.54) is 4.57 Å². The van der Waals surface area contributed by atoms with Crippen LogP contribution in [0, 0.1) is 11.3 Å². The summed E-state index contributed by atoms with van der Waals surface area (Å²) in [5.74, 6) is -0.0440. The average Bonchev–Trinajstić information content (AvgIpc) is 3.48. The quantitative estimate of drug-likeness (QED) is 0.355. The third kappa shape index (κ3) is 3.28. The van der Waals surface area contributed by atoms with Gasteiger partial charge in [-0.25, -0.2) is 0 Å². The molecule has 8 heteroatoms. The molecule has 3 aromatic carbocycles. The van der Waals surface area contributed by atoms with Crippen LogP contribution in [-0.4, -0.2) is 27.3 Å². The first kappa shape index (κ1) is 23.0. The van der Waals surface area contributed by atoms with Crippen LogP contribution in [0.25, 0.3) is 16.5 Å². The summed E-state index contributed by atoms with van der Waals surface area (Å²) in [5.41, 5.74) is 6.43. The molecule has 2 atom stereocenters. The molecule has 0 spiro atoms. The number of nitrogens with zero attached hydrogens (tertiary/aromatic N) is 2. The first-order valence-corrected chi connectivity index (χ1v) is 12.1. The van der Waals surface area contributed by atoms with Gasteiger partial charge in [0.05, 0.1) is 40.7 Å². The molecule has 1 amide bonds. The Balaban J connectivity index is 1.38. The number of fused-ring (bicyclic) bond motifs is 6. The molecule has 0 saturated carbocycles. The predicted octanol–water partition coefficient (Wildman–Crippen LogP) is 4.72. The molecule has 6 rings (SSSR count). The average molecular weight is 496 g/mol. The van der Waals surface area contributed by atoms with Crippen LogP contribution in [0.1, 0.15) is 53.2 Å². The Hall–Kier alpha value is -4.48. The van der Waals surface area contributed by atoms with Gasteiger partial charge in [-0.1, -0.05) is 24.3 Å². The maximum atomic E-state index is 11.5. The summed E-state index contributed by atoms with van der Waals surface area (Å²) in [6, 6.07) is 19.7. The fraction of sp³-hybridized carbons (Fsp3) is 0.241. The van der Waals surface area contributed by atoms with Gasteiger partial charge in [-0.05, 0) is 56.2 Å². The Morgan fingerprint density at radius 3 is 2.46 bits per heavy atom. The van der Waals surface area contributed by atoms with Crippen molar-refractivity contribution in [1.29, 1.82) is 5.26 Å². The maximum Gasteiger partial charge on any atom is 0.248 e. The topological polar surface area (TPSA) is 131 Å². The van der Waals surface area contributed by atoms with E-state index in [1.807, 2.05) is 31.2 Å². The standard InChI is InChI=1S/C29H25N3O5/c1-28-12-13-29(37-28,14-15-36-19-9-6-17(7-10-19)25(31)33)24-23(28)26(34)32(27(24)35)22-11-8-18(16-30)20-4-2-3-5-21(20)22/h2-11,34-35H,12-15H2,1H3,(H2,31,33)/t28-,29-/m1/s1. The number of hydrogen-bond acceptors (Lipinski definition) is 6. The molecule has 2 bridgehead atoms. The molecule has 186 valence electrons. The van der Waals surface area contributed by atoms with Gasteiger partial charge in [0.25, 0.3) is 0 Å². The molecular formula is C29H25N3O5. The van der Waals surface area contributed by atoms with E-state index in [2.05, 4.69) is 6.07 Å². The first-order chi connectivity index (χ1) is 17.8. The number of rotatable bonds is 6. The number of nitrogens with two attached hydrogens (primary N) is 1. The Kier molecular flexibility index (Phi) is 4.97. The molecule has 1 fully saturated rings. The Labute approximate surface area is 213 Å². The second-order valence-corrected chi connectivity index (χ2v) is 9.84. The van der Waals surface area contributed by atoms with Crippen molar-refractivity contribution in [2.24, 2.45) is 5.73 Å². The minimum absolute atomic E-state index is 0.0607. The van der Waals surface area contributed by atoms with Crippen molar-refractivity contribution >= 4 is 16.7 Å². The Bertz CT molecular complexity index is 1620. The minimum Gasteiger partial charge on any atom is -0.494 e. The molecule has 8 nitrogen and oxygen atoms in total. The lowest BCUT2D eigenvalue weighted by atomic mass is 9.78. The number of carbonyl (C=O) groups is 1. The highest BCUT2D eigenvalue weighted by atomic mass is 16.5. The highest BCUT2D eigenvalue weighted by Crippen LogP contribution is 2.65. The molecule has 2 aliphatic heterocycles. The van der Waals surface area contributed by atoms with Gasteiger partial charge in [-0.2, -0.15) is 5.26 Å². The van der Waals surface area contributed by atoms with Crippen LogP contribution >= 0.6 is 0 Å². The molecule has 1 saturated heterocycles. The van der Waals surface area contributed by atoms with E-state index in [4.69, 9.17) is 15.2 Å². The normalized spacial score (nSPS) is 21.6. The molecule has 4 N–H and O–H groups in total. The summed E-state index contributed by atoms with van der Waals surface area (Å²) in [7, 11) is 0. The highest BCUT2D eigenvalue weighted by molar-refractivity contribution is 5.95. The van der Waals surface area contributed by atoms with Crippen molar-refractivity contribution in [2.45, 2.75) is 37.4 Å². The van der Waals surface area contributed by atoms with Gasteiger partial charge in [-0.15, -0.1) is 0 Å². The van der Waals surface area contributed by atoms with Crippen LogP contribution in [0.2, 0.25) is 0 Å². The van der Waals surface area contributed by atoms with Crippen LogP contribution in [0.4, 0.5) is 0 Å². The van der Waals surface area contributed by atoms with Crippen LogP contribution in [-0.2, 0) is 15.9 Å². The number of hydrogen-bond donors (Lipinski definition) is 3. The molecule has 0 aliphatic carbocycles. The molecule has 3 heterocycles. The number of aromatic nitrogens is 1. The second kappa shape index (κ2) is 8.02. The number of carbonyl (C=O) groups excluding carboxylic acids is 1. The lowest BCUT2D eigenvalue weighted by Gasteiger charge is -2.26. The Morgan fingerprint density at radius 1 is 1.05 bits per heavy atom. The largest absolute Gasteiger partial charge is 0.494 e. The highest BCUT2D eigenvalue weighted by Gasteiger charge is 2.61. The fourth-order valence-corrected chi connectivity index (χ4v) is 5.96. The van der Waals surface area contributed by atoms with Crippen LogP contribution in [0.15, 0.2) is 60.7 Å². The van der Waals surface area contributed by atoms with Gasteiger partial charge in [0.15, 0.2) is 0 Å². The van der Waals surface area contributed by atoms with Crippen molar-refractivity contribution < 1.29 is 24.5 Å². The summed E-state index contributed by atoms with van der Waals surface area (Å²) >= 11 is 0. The molecule has 4 aromatic rings. The van der Waals surface area contributed by atoms with E-state index in [9.17, 15) is 20.3 Å². The molecular weight excluding hydrogens is 470 g/mol. The van der Waals surface area contributed by atoms with E-state index in [0.29, 0.717) is 59.6 Å². The van der Waals surface area contributed by atoms with Crippen molar-refractivity contribution in [1.82, 2.24) is 4.57 Å². The van der Waals surface area contributed by atoms with Crippen molar-refractivity contribution in [3.8, 4) is 29.3 Å². The van der Waals surface area contributed by atoms with Crippen molar-refractivity contribution in [2.75, 3.05) is 6.61 Å². The lowest BCUT2D eigenvalue weighted by molar-refractivity contribution is -0.0876. The summed E-state index contributed by atoms with van der Waals surface area (Å²) in [4.78, 5) is 11.3. The number of ether oxygens (including phenoxy) is 2. The molecule has 37 heavy (non-hydrogen) atoms. The van der Waals surface area contributed by atoms with Gasteiger partial charge in [0.1, 0.15) is 11.4 Å². The number of amides is 1. The van der Waals surface area contributed by atoms with Crippen LogP contribution in [0.3, 0.4) is 0 Å². The SMILES string of the molecule is C[C@]12CC[C@](CCOc3ccc(C(N)=O)cc3)(O1)c1c2c(O)n(-c2ccc(C#N)c3ccccc23)c1O. The maximum absolute atomic E-state index is 11.5. The third-order valence-corrected chi connectivity index (χ3v) is 7.71. The molecule has 0 radical (unpaired) electrons. The molecule has 1 aromatic heterocycles. The van der Waals surface area contributed by atoms with E-state index in [-0.39, 0.29) is 11.8 Å². The van der Waals surface area contributed by atoms with Crippen molar-refractivity contribution in [3.05, 3.63) is 82.9 Å². The number of benzene rings is 3. The zero-order valence-corrected chi connectivity index (χ0v) is 20.2. The fourth-order valence-electron chi connectivity index (χ4n) is 5.96. The zero-order valence-electron chi connectivity index (χ0n) is 20.2. The van der Waals surface area contributed by atoms with E-state index in [0.717, 1.165) is 10.8 Å². The monoisotopic (exact) mass is 495 g/mol. The second-order valence-electron chi connectivity index (χ2n) is 9.84. The number of nitriles is 1. The summed E-state index contributed by atoms with van der Waals surface area (Å²) in [5, 5.41) is 34.0. The van der Waals surface area contributed by atoms with E-state index >= 15 is 0 Å². The van der Waals surface area contributed by atoms with Gasteiger partial charge >= 0.3 is 0 Å². The van der Waals surface area contributed by atoms with Crippen LogP contribution in [0.5, 0.6) is 17.5 Å². The van der Waals surface area contributed by atoms with Gasteiger partial charge in [0, 0.05) is 22.8 Å². The summed E-state index contributed by atoms with van der Waals surface area (Å²) in [6.07, 6.45) is 1.82. The number of primary amides is 1. The molecule has 0 unspecified atom stereocenters. The minimum atomic E-state index is -0.813. The van der Waals surface area contributed by atoms with E-state index in [1.54, 1.807) is 36.4 Å². The van der Waals surface area contributed by atoms with Gasteiger partial charge < -0.3 is 25.4 Å². The Morgan fingerprint density at radius 2 is 1.76 bits per heavy atom. The van der Waals surface area contributed by atoms with E-state index < -0.39 is 17.1 Å². The molecule has 2 aliphatic rings. The smallest absolute Gasteiger partial charge is 0.248 e.